The fourth-order valence-corrected chi connectivity index (χ4v) is 4.74. The van der Waals surface area contributed by atoms with E-state index in [4.69, 9.17) is 16.0 Å². The average molecular weight is 586 g/mol. The Morgan fingerprint density at radius 3 is 2.49 bits per heavy atom. The Morgan fingerprint density at radius 1 is 0.953 bits per heavy atom. The summed E-state index contributed by atoms with van der Waals surface area (Å²) in [6, 6.07) is 13.3. The number of halogens is 2. The van der Waals surface area contributed by atoms with Gasteiger partial charge < -0.3 is 25.0 Å². The maximum atomic E-state index is 14.8. The van der Waals surface area contributed by atoms with Gasteiger partial charge in [-0.05, 0) is 80.3 Å². The van der Waals surface area contributed by atoms with E-state index < -0.39 is 17.7 Å². The number of likely N-dealkylation sites (tertiary alicyclic amines) is 1. The summed E-state index contributed by atoms with van der Waals surface area (Å²) >= 11 is 0. The van der Waals surface area contributed by atoms with Crippen LogP contribution in [-0.2, 0) is 4.79 Å². The van der Waals surface area contributed by atoms with Gasteiger partial charge in [0.05, 0.1) is 24.4 Å². The van der Waals surface area contributed by atoms with Gasteiger partial charge in [0.2, 0.25) is 11.6 Å². The molecule has 0 unspecified atom stereocenters. The van der Waals surface area contributed by atoms with E-state index in [1.54, 1.807) is 18.2 Å². The highest BCUT2D eigenvalue weighted by atomic mass is 19.1. The number of fused-ring (bicyclic) bond motifs is 1. The van der Waals surface area contributed by atoms with E-state index in [-0.39, 0.29) is 29.6 Å². The van der Waals surface area contributed by atoms with Crippen molar-refractivity contribution < 1.29 is 27.8 Å². The molecule has 4 aromatic rings. The molecule has 2 heterocycles. The standard InChI is InChI=1S/C32H29F2N5O4/c1-35-28-19-24-27(20-30(28)42-17-5-6-31(40)39-15-3-2-4-16-39)36-14-13-29(24)43-23-11-12-26(25(34)18-23)38-32(41)37-22-9-7-21(33)8-10-22/h7-14,18-20H,2-6,15-17H2,(H2,37,38,41). The maximum Gasteiger partial charge on any atom is 0.323 e. The summed E-state index contributed by atoms with van der Waals surface area (Å²) in [4.78, 5) is 34.5. The van der Waals surface area contributed by atoms with Crippen molar-refractivity contribution in [3.05, 3.63) is 89.9 Å². The zero-order valence-corrected chi connectivity index (χ0v) is 23.2. The lowest BCUT2D eigenvalue weighted by molar-refractivity contribution is -0.132. The second-order valence-electron chi connectivity index (χ2n) is 9.98. The molecule has 43 heavy (non-hydrogen) atoms. The first kappa shape index (κ1) is 29.3. The summed E-state index contributed by atoms with van der Waals surface area (Å²) in [6.07, 6.45) is 5.71. The van der Waals surface area contributed by atoms with Crippen LogP contribution in [0, 0.1) is 18.2 Å². The van der Waals surface area contributed by atoms with Gasteiger partial charge in [-0.2, -0.15) is 0 Å². The molecule has 0 atom stereocenters. The number of hydrogen-bond acceptors (Lipinski definition) is 5. The van der Waals surface area contributed by atoms with Gasteiger partial charge in [0.25, 0.3) is 0 Å². The lowest BCUT2D eigenvalue weighted by Crippen LogP contribution is -2.35. The number of nitrogens with zero attached hydrogens (tertiary/aromatic N) is 3. The van der Waals surface area contributed by atoms with Gasteiger partial charge in [-0.1, -0.05) is 0 Å². The molecule has 1 aliphatic heterocycles. The number of ether oxygens (including phenoxy) is 2. The number of carbonyl (C=O) groups excluding carboxylic acids is 2. The zero-order valence-electron chi connectivity index (χ0n) is 23.2. The predicted molar refractivity (Wildman–Crippen MR) is 159 cm³/mol. The Hall–Kier alpha value is -5.24. The van der Waals surface area contributed by atoms with Crippen molar-refractivity contribution in [2.45, 2.75) is 32.1 Å². The third-order valence-electron chi connectivity index (χ3n) is 6.92. The van der Waals surface area contributed by atoms with Crippen LogP contribution in [0.4, 0.5) is 30.6 Å². The van der Waals surface area contributed by atoms with E-state index >= 15 is 0 Å². The van der Waals surface area contributed by atoms with Crippen molar-refractivity contribution in [2.24, 2.45) is 0 Å². The van der Waals surface area contributed by atoms with Crippen molar-refractivity contribution in [3.8, 4) is 17.2 Å². The van der Waals surface area contributed by atoms with Crippen molar-refractivity contribution in [2.75, 3.05) is 30.3 Å². The van der Waals surface area contributed by atoms with E-state index in [2.05, 4.69) is 20.5 Å². The summed E-state index contributed by atoms with van der Waals surface area (Å²) in [5, 5.41) is 5.43. The number of rotatable bonds is 9. The van der Waals surface area contributed by atoms with E-state index in [1.807, 2.05) is 4.90 Å². The molecule has 9 nitrogen and oxygen atoms in total. The molecule has 220 valence electrons. The molecule has 3 aromatic carbocycles. The number of piperidine rings is 1. The average Bonchev–Trinajstić information content (AvgIpc) is 3.02. The first-order valence-electron chi connectivity index (χ1n) is 13.9. The molecule has 0 bridgehead atoms. The topological polar surface area (TPSA) is 97.1 Å². The maximum absolute atomic E-state index is 14.8. The molecule has 1 saturated heterocycles. The van der Waals surface area contributed by atoms with Gasteiger partial charge in [0, 0.05) is 42.8 Å². The Labute approximate surface area is 247 Å². The molecule has 0 spiro atoms. The largest absolute Gasteiger partial charge is 0.505 e. The van der Waals surface area contributed by atoms with Gasteiger partial charge in [0.1, 0.15) is 28.9 Å². The number of nitrogens with one attached hydrogen (secondary N) is 2. The Bertz CT molecular complexity index is 1670. The number of anilines is 2. The third-order valence-corrected chi connectivity index (χ3v) is 6.92. The number of aromatic nitrogens is 1. The number of amides is 3. The fraction of sp³-hybridized carbons (Fsp3) is 0.250. The number of hydrogen-bond donors (Lipinski definition) is 2. The van der Waals surface area contributed by atoms with Gasteiger partial charge in [-0.25, -0.2) is 18.4 Å². The van der Waals surface area contributed by atoms with Crippen molar-refractivity contribution in [3.63, 3.8) is 0 Å². The number of pyridine rings is 1. The minimum atomic E-state index is -0.735. The van der Waals surface area contributed by atoms with Gasteiger partial charge in [-0.15, -0.1) is 0 Å². The lowest BCUT2D eigenvalue weighted by Gasteiger charge is -2.26. The summed E-state index contributed by atoms with van der Waals surface area (Å²) in [5.74, 6) is -0.176. The molecular formula is C32H29F2N5O4. The normalized spacial score (nSPS) is 12.8. The van der Waals surface area contributed by atoms with Gasteiger partial charge in [0.15, 0.2) is 0 Å². The molecule has 5 rings (SSSR count). The monoisotopic (exact) mass is 585 g/mol. The number of benzene rings is 3. The van der Waals surface area contributed by atoms with Crippen molar-refractivity contribution >= 4 is 39.9 Å². The number of carbonyl (C=O) groups is 2. The summed E-state index contributed by atoms with van der Waals surface area (Å²) in [7, 11) is 0. The predicted octanol–water partition coefficient (Wildman–Crippen LogP) is 7.67. The van der Waals surface area contributed by atoms with E-state index in [0.717, 1.165) is 38.4 Å². The fourth-order valence-electron chi connectivity index (χ4n) is 4.74. The SMILES string of the molecule is [C-]#[N+]c1cc2c(Oc3ccc(NC(=O)Nc4ccc(F)cc4)c(F)c3)ccnc2cc1OCCCC(=O)N1CCCCC1. The van der Waals surface area contributed by atoms with Crippen molar-refractivity contribution in [1.82, 2.24) is 9.88 Å². The second kappa shape index (κ2) is 13.6. The number of urea groups is 1. The molecule has 0 radical (unpaired) electrons. The molecule has 1 fully saturated rings. The van der Waals surface area contributed by atoms with Crippen LogP contribution >= 0.6 is 0 Å². The first-order valence-corrected chi connectivity index (χ1v) is 13.9. The molecule has 0 aliphatic carbocycles. The Balaban J connectivity index is 1.22. The summed E-state index contributed by atoms with van der Waals surface area (Å²) in [5.41, 5.74) is 1.03. The third kappa shape index (κ3) is 7.54. The molecule has 11 heteroatoms. The molecule has 1 aromatic heterocycles. The second-order valence-corrected chi connectivity index (χ2v) is 9.98. The Morgan fingerprint density at radius 2 is 1.74 bits per heavy atom. The highest BCUT2D eigenvalue weighted by molar-refractivity contribution is 5.99. The molecular weight excluding hydrogens is 556 g/mol. The minimum absolute atomic E-state index is 0.0822. The van der Waals surface area contributed by atoms with Crippen molar-refractivity contribution in [1.29, 1.82) is 0 Å². The van der Waals surface area contributed by atoms with Crippen LogP contribution in [-0.4, -0.2) is 41.5 Å². The van der Waals surface area contributed by atoms with E-state index in [1.165, 1.54) is 42.6 Å². The molecule has 2 N–H and O–H groups in total. The van der Waals surface area contributed by atoms with Crippen LogP contribution < -0.4 is 20.1 Å². The van der Waals surface area contributed by atoms with Crippen LogP contribution in [0.25, 0.3) is 15.7 Å². The van der Waals surface area contributed by atoms with Crippen LogP contribution in [0.15, 0.2) is 66.9 Å². The highest BCUT2D eigenvalue weighted by Gasteiger charge is 2.17. The molecule has 0 saturated carbocycles. The van der Waals surface area contributed by atoms with Gasteiger partial charge in [-0.3, -0.25) is 9.78 Å². The quantitative estimate of drug-likeness (QED) is 0.155. The smallest absolute Gasteiger partial charge is 0.323 e. The molecule has 1 aliphatic rings. The van der Waals surface area contributed by atoms with Crippen LogP contribution in [0.5, 0.6) is 17.2 Å². The summed E-state index contributed by atoms with van der Waals surface area (Å²) < 4.78 is 39.7. The highest BCUT2D eigenvalue weighted by Crippen LogP contribution is 2.38. The van der Waals surface area contributed by atoms with Crippen LogP contribution in [0.1, 0.15) is 32.1 Å². The lowest BCUT2D eigenvalue weighted by atomic mass is 10.1. The van der Waals surface area contributed by atoms with Gasteiger partial charge >= 0.3 is 6.03 Å². The minimum Gasteiger partial charge on any atom is -0.505 e. The zero-order chi connectivity index (χ0) is 30.2. The first-order chi connectivity index (χ1) is 20.9. The Kier molecular flexibility index (Phi) is 9.26. The van der Waals surface area contributed by atoms with Crippen LogP contribution in [0.2, 0.25) is 0 Å². The molecule has 3 amide bonds. The van der Waals surface area contributed by atoms with E-state index in [9.17, 15) is 18.4 Å². The van der Waals surface area contributed by atoms with E-state index in [0.29, 0.717) is 40.9 Å². The van der Waals surface area contributed by atoms with Crippen LogP contribution in [0.3, 0.4) is 0 Å². The summed E-state index contributed by atoms with van der Waals surface area (Å²) in [6.45, 7) is 9.54.